The Hall–Kier alpha value is -5.45. The molecule has 1 aromatic heterocycles. The van der Waals surface area contributed by atoms with Gasteiger partial charge in [0, 0.05) is 18.1 Å². The number of hydrogen-bond acceptors (Lipinski definition) is 5. The third kappa shape index (κ3) is 7.24. The molecule has 1 saturated heterocycles. The highest BCUT2D eigenvalue weighted by Gasteiger charge is 2.51. The Morgan fingerprint density at radius 3 is 2.41 bits per heavy atom. The fraction of sp³-hybridized carbons (Fsp3) is 0.275. The number of carbonyl (C=O) groups excluding carboxylic acids is 2. The Bertz CT molecular complexity index is 2070. The number of hydrogen-bond donors (Lipinski definition) is 1. The fourth-order valence-electron chi connectivity index (χ4n) is 6.52. The highest BCUT2D eigenvalue weighted by molar-refractivity contribution is 6.07. The molecule has 264 valence electrons. The van der Waals surface area contributed by atoms with Crippen LogP contribution in [-0.2, 0) is 22.9 Å². The van der Waals surface area contributed by atoms with E-state index in [1.807, 2.05) is 36.4 Å². The number of benzene rings is 4. The smallest absolute Gasteiger partial charge is 0.418 e. The van der Waals surface area contributed by atoms with Crippen molar-refractivity contribution in [2.75, 3.05) is 13.2 Å². The van der Waals surface area contributed by atoms with E-state index in [1.54, 1.807) is 51.1 Å². The third-order valence-electron chi connectivity index (χ3n) is 8.93. The molecule has 0 aliphatic carbocycles. The van der Waals surface area contributed by atoms with Crippen LogP contribution in [0.3, 0.4) is 0 Å². The van der Waals surface area contributed by atoms with Crippen LogP contribution < -0.4 is 14.8 Å². The Balaban J connectivity index is 1.20. The number of amides is 3. The summed E-state index contributed by atoms with van der Waals surface area (Å²) in [7, 11) is 0. The van der Waals surface area contributed by atoms with Gasteiger partial charge in [-0.15, -0.1) is 0 Å². The van der Waals surface area contributed by atoms with E-state index in [-0.39, 0.29) is 36.9 Å². The van der Waals surface area contributed by atoms with E-state index < -0.39 is 35.0 Å². The second kappa shape index (κ2) is 14.4. The summed E-state index contributed by atoms with van der Waals surface area (Å²) in [4.78, 5) is 32.0. The third-order valence-corrected chi connectivity index (χ3v) is 8.93. The lowest BCUT2D eigenvalue weighted by molar-refractivity contribution is -0.136. The summed E-state index contributed by atoms with van der Waals surface area (Å²) >= 11 is 0. The topological polar surface area (TPSA) is 80.8 Å². The maximum absolute atomic E-state index is 14.9. The lowest BCUT2D eigenvalue weighted by Crippen LogP contribution is -2.43. The van der Waals surface area contributed by atoms with Crippen LogP contribution in [0.5, 0.6) is 11.5 Å². The molecule has 1 unspecified atom stereocenters. The first-order chi connectivity index (χ1) is 24.4. The zero-order valence-corrected chi connectivity index (χ0v) is 28.4. The second-order valence-electron chi connectivity index (χ2n) is 12.7. The average Bonchev–Trinajstić information content (AvgIpc) is 3.35. The molecule has 1 atom stereocenters. The van der Waals surface area contributed by atoms with Gasteiger partial charge in [-0.25, -0.2) is 9.18 Å². The number of carbonyl (C=O) groups is 2. The second-order valence-corrected chi connectivity index (χ2v) is 12.7. The molecule has 2 heterocycles. The quantitative estimate of drug-likeness (QED) is 0.0799. The van der Waals surface area contributed by atoms with E-state index in [2.05, 4.69) is 10.3 Å². The largest absolute Gasteiger partial charge is 0.494 e. The standard InChI is InChI=1S/C40H37F4N3O4/c1-4-39(29-17-18-34(33(41)23-29)51-25(2)3)37(48)47(38(49)46-39)19-10-20-50-30-14-8-13-27(22-30)35-28(21-26-11-6-5-7-12-26)24-45-36-31(35)15-9-16-32(36)40(42,43)44/h5-9,11-18,22-25H,4,10,19-21H2,1-3H3,(H,46,49). The molecule has 1 N–H and O–H groups in total. The van der Waals surface area contributed by atoms with E-state index in [0.717, 1.165) is 22.1 Å². The van der Waals surface area contributed by atoms with Crippen molar-refractivity contribution in [3.8, 4) is 22.6 Å². The minimum absolute atomic E-state index is 0.0551. The molecule has 1 aliphatic rings. The van der Waals surface area contributed by atoms with Crippen molar-refractivity contribution < 1.29 is 36.6 Å². The van der Waals surface area contributed by atoms with Gasteiger partial charge in [-0.1, -0.05) is 67.6 Å². The molecule has 6 rings (SSSR count). The Morgan fingerprint density at radius 2 is 1.71 bits per heavy atom. The minimum Gasteiger partial charge on any atom is -0.494 e. The first-order valence-corrected chi connectivity index (χ1v) is 16.8. The lowest BCUT2D eigenvalue weighted by atomic mass is 9.87. The summed E-state index contributed by atoms with van der Waals surface area (Å²) in [5, 5.41) is 3.14. The maximum atomic E-state index is 14.9. The predicted molar refractivity (Wildman–Crippen MR) is 186 cm³/mol. The van der Waals surface area contributed by atoms with Crippen LogP contribution in [-0.4, -0.2) is 41.1 Å². The van der Waals surface area contributed by atoms with Crippen molar-refractivity contribution in [3.63, 3.8) is 0 Å². The van der Waals surface area contributed by atoms with Crippen molar-refractivity contribution in [3.05, 3.63) is 125 Å². The number of nitrogens with zero attached hydrogens (tertiary/aromatic N) is 2. The number of urea groups is 1. The SMILES string of the molecule is CCC1(c2ccc(OC(C)C)c(F)c2)NC(=O)N(CCCOc2cccc(-c3c(Cc4ccccc4)cnc4c(C(F)(F)F)cccc34)c2)C1=O. The predicted octanol–water partition coefficient (Wildman–Crippen LogP) is 9.06. The maximum Gasteiger partial charge on any atom is 0.418 e. The molecule has 5 aromatic rings. The van der Waals surface area contributed by atoms with Gasteiger partial charge in [0.25, 0.3) is 5.91 Å². The van der Waals surface area contributed by atoms with Gasteiger partial charge in [-0.05, 0) is 91.3 Å². The van der Waals surface area contributed by atoms with Crippen molar-refractivity contribution in [2.45, 2.75) is 57.9 Å². The van der Waals surface area contributed by atoms with Crippen LogP contribution in [0.15, 0.2) is 97.2 Å². The van der Waals surface area contributed by atoms with Gasteiger partial charge in [-0.2, -0.15) is 13.2 Å². The van der Waals surface area contributed by atoms with Crippen molar-refractivity contribution >= 4 is 22.8 Å². The van der Waals surface area contributed by atoms with Crippen LogP contribution in [0.1, 0.15) is 55.9 Å². The molecule has 1 fully saturated rings. The summed E-state index contributed by atoms with van der Waals surface area (Å²) in [6.45, 7) is 5.50. The molecule has 3 amide bonds. The van der Waals surface area contributed by atoms with Crippen molar-refractivity contribution in [1.82, 2.24) is 15.2 Å². The molecule has 0 radical (unpaired) electrons. The molecule has 51 heavy (non-hydrogen) atoms. The van der Waals surface area contributed by atoms with Gasteiger partial charge in [0.15, 0.2) is 11.6 Å². The normalized spacial score (nSPS) is 16.2. The van der Waals surface area contributed by atoms with E-state index in [4.69, 9.17) is 9.47 Å². The van der Waals surface area contributed by atoms with E-state index in [9.17, 15) is 27.2 Å². The highest BCUT2D eigenvalue weighted by Crippen LogP contribution is 2.40. The molecule has 4 aromatic carbocycles. The number of alkyl halides is 3. The zero-order valence-electron chi connectivity index (χ0n) is 28.4. The number of nitrogens with one attached hydrogen (secondary N) is 1. The number of aromatic nitrogens is 1. The monoisotopic (exact) mass is 699 g/mol. The molecule has 0 spiro atoms. The first kappa shape index (κ1) is 35.4. The van der Waals surface area contributed by atoms with Crippen molar-refractivity contribution in [2.24, 2.45) is 0 Å². The first-order valence-electron chi connectivity index (χ1n) is 16.8. The van der Waals surface area contributed by atoms with Crippen LogP contribution in [0.2, 0.25) is 0 Å². The van der Waals surface area contributed by atoms with Gasteiger partial charge in [0.05, 0.1) is 23.8 Å². The number of rotatable bonds is 12. The minimum atomic E-state index is -4.58. The highest BCUT2D eigenvalue weighted by atomic mass is 19.4. The molecule has 0 saturated carbocycles. The average molecular weight is 700 g/mol. The van der Waals surface area contributed by atoms with Gasteiger partial charge in [-0.3, -0.25) is 14.7 Å². The molecule has 0 bridgehead atoms. The van der Waals surface area contributed by atoms with Gasteiger partial charge in [0.1, 0.15) is 11.3 Å². The number of imide groups is 1. The van der Waals surface area contributed by atoms with Crippen LogP contribution in [0.25, 0.3) is 22.0 Å². The van der Waals surface area contributed by atoms with Crippen LogP contribution >= 0.6 is 0 Å². The number of fused-ring (bicyclic) bond motifs is 1. The fourth-order valence-corrected chi connectivity index (χ4v) is 6.52. The molecule has 11 heteroatoms. The van der Waals surface area contributed by atoms with Crippen LogP contribution in [0.4, 0.5) is 22.4 Å². The lowest BCUT2D eigenvalue weighted by Gasteiger charge is -2.26. The molecular formula is C40H37F4N3O4. The van der Waals surface area contributed by atoms with Gasteiger partial charge in [0.2, 0.25) is 0 Å². The van der Waals surface area contributed by atoms with E-state index in [1.165, 1.54) is 24.4 Å². The summed E-state index contributed by atoms with van der Waals surface area (Å²) in [5.41, 5.74) is 0.974. The van der Waals surface area contributed by atoms with Gasteiger partial charge < -0.3 is 14.8 Å². The Morgan fingerprint density at radius 1 is 0.941 bits per heavy atom. The van der Waals surface area contributed by atoms with Crippen molar-refractivity contribution in [1.29, 1.82) is 0 Å². The summed E-state index contributed by atoms with van der Waals surface area (Å²) < 4.78 is 68.4. The Kier molecular flexibility index (Phi) is 10.0. The summed E-state index contributed by atoms with van der Waals surface area (Å²) in [6, 6.07) is 24.4. The number of pyridine rings is 1. The summed E-state index contributed by atoms with van der Waals surface area (Å²) in [5.74, 6) is -0.583. The van der Waals surface area contributed by atoms with Crippen LogP contribution in [0, 0.1) is 5.82 Å². The molecular weight excluding hydrogens is 662 g/mol. The van der Waals surface area contributed by atoms with E-state index >= 15 is 0 Å². The number of ether oxygens (including phenoxy) is 2. The summed E-state index contributed by atoms with van der Waals surface area (Å²) in [6.07, 6.45) is -2.36. The zero-order chi connectivity index (χ0) is 36.3. The number of para-hydroxylation sites is 1. The van der Waals surface area contributed by atoms with E-state index in [0.29, 0.717) is 40.7 Å². The Labute approximate surface area is 293 Å². The molecule has 7 nitrogen and oxygen atoms in total. The number of halogens is 4. The molecule has 1 aliphatic heterocycles. The van der Waals surface area contributed by atoms with Gasteiger partial charge >= 0.3 is 12.2 Å².